The van der Waals surface area contributed by atoms with E-state index in [2.05, 4.69) is 26.3 Å². The highest BCUT2D eigenvalue weighted by Gasteiger charge is 2.16. The topological polar surface area (TPSA) is 46.9 Å². The Bertz CT molecular complexity index is 443. The number of halogens is 1. The van der Waals surface area contributed by atoms with Gasteiger partial charge in [-0.3, -0.25) is 4.79 Å². The van der Waals surface area contributed by atoms with E-state index in [1.165, 1.54) is 16.9 Å². The molecule has 1 atom stereocenters. The molecule has 2 heterocycles. The Morgan fingerprint density at radius 2 is 2.53 bits per heavy atom. The first-order valence-electron chi connectivity index (χ1n) is 5.82. The van der Waals surface area contributed by atoms with Crippen LogP contribution in [0.5, 0.6) is 0 Å². The summed E-state index contributed by atoms with van der Waals surface area (Å²) in [5.74, 6) is 2.35. The molecule has 1 fully saturated rings. The van der Waals surface area contributed by atoms with Crippen LogP contribution in [-0.4, -0.2) is 27.3 Å². The van der Waals surface area contributed by atoms with E-state index in [1.807, 2.05) is 18.7 Å². The molecule has 0 saturated carbocycles. The fraction of sp³-hybridized carbons (Fsp3) is 0.636. The predicted octanol–water partition coefficient (Wildman–Crippen LogP) is 2.33. The van der Waals surface area contributed by atoms with Gasteiger partial charge in [-0.1, -0.05) is 0 Å². The number of nitrogens with one attached hydrogen (secondary N) is 1. The Labute approximate surface area is 113 Å². The van der Waals surface area contributed by atoms with Crippen molar-refractivity contribution in [2.24, 2.45) is 0 Å². The smallest absolute Gasteiger partial charge is 0.283 e. The minimum absolute atomic E-state index is 0.0686. The van der Waals surface area contributed by atoms with Crippen LogP contribution in [0.1, 0.15) is 19.8 Å². The number of rotatable bonds is 3. The molecule has 1 N–H and O–H groups in total. The van der Waals surface area contributed by atoms with E-state index in [0.29, 0.717) is 17.1 Å². The van der Waals surface area contributed by atoms with Crippen molar-refractivity contribution in [2.75, 3.05) is 16.8 Å². The van der Waals surface area contributed by atoms with Crippen LogP contribution in [-0.2, 0) is 6.54 Å². The SMILES string of the molecule is CCn1ncc(NC2CCCSC2)c(Br)c1=O. The van der Waals surface area contributed by atoms with Gasteiger partial charge in [0, 0.05) is 18.3 Å². The van der Waals surface area contributed by atoms with E-state index in [1.54, 1.807) is 6.20 Å². The van der Waals surface area contributed by atoms with Crippen molar-refractivity contribution in [1.82, 2.24) is 9.78 Å². The summed E-state index contributed by atoms with van der Waals surface area (Å²) in [6, 6.07) is 0.448. The Balaban J connectivity index is 2.15. The zero-order valence-corrected chi connectivity index (χ0v) is 12.2. The third-order valence-electron chi connectivity index (χ3n) is 2.80. The fourth-order valence-electron chi connectivity index (χ4n) is 1.87. The molecule has 1 aromatic heterocycles. The van der Waals surface area contributed by atoms with Gasteiger partial charge in [-0.2, -0.15) is 16.9 Å². The van der Waals surface area contributed by atoms with E-state index in [-0.39, 0.29) is 5.56 Å². The van der Waals surface area contributed by atoms with Crippen molar-refractivity contribution < 1.29 is 0 Å². The second-order valence-corrected chi connectivity index (χ2v) is 5.99. The monoisotopic (exact) mass is 317 g/mol. The van der Waals surface area contributed by atoms with E-state index in [0.717, 1.165) is 17.9 Å². The van der Waals surface area contributed by atoms with Crippen molar-refractivity contribution >= 4 is 33.4 Å². The zero-order valence-electron chi connectivity index (χ0n) is 9.78. The van der Waals surface area contributed by atoms with E-state index < -0.39 is 0 Å². The van der Waals surface area contributed by atoms with Gasteiger partial charge in [-0.05, 0) is 41.4 Å². The van der Waals surface area contributed by atoms with E-state index in [9.17, 15) is 4.79 Å². The van der Waals surface area contributed by atoms with Crippen LogP contribution in [0.25, 0.3) is 0 Å². The zero-order chi connectivity index (χ0) is 12.3. The number of aryl methyl sites for hydroxylation is 1. The summed E-state index contributed by atoms with van der Waals surface area (Å²) in [7, 11) is 0. The lowest BCUT2D eigenvalue weighted by Crippen LogP contribution is -2.29. The van der Waals surface area contributed by atoms with Crippen LogP contribution >= 0.6 is 27.7 Å². The third kappa shape index (κ3) is 3.04. The van der Waals surface area contributed by atoms with Crippen molar-refractivity contribution in [2.45, 2.75) is 32.4 Å². The molecule has 0 aliphatic carbocycles. The third-order valence-corrected chi connectivity index (χ3v) is 4.79. The number of nitrogens with zero attached hydrogens (tertiary/aromatic N) is 2. The second kappa shape index (κ2) is 5.91. The largest absolute Gasteiger partial charge is 0.379 e. The normalized spacial score (nSPS) is 20.2. The van der Waals surface area contributed by atoms with Crippen LogP contribution in [0.4, 0.5) is 5.69 Å². The molecule has 94 valence electrons. The van der Waals surface area contributed by atoms with E-state index in [4.69, 9.17) is 0 Å². The molecule has 17 heavy (non-hydrogen) atoms. The van der Waals surface area contributed by atoms with Crippen molar-refractivity contribution in [3.63, 3.8) is 0 Å². The summed E-state index contributed by atoms with van der Waals surface area (Å²) >= 11 is 5.31. The first-order valence-corrected chi connectivity index (χ1v) is 7.77. The molecule has 4 nitrogen and oxygen atoms in total. The van der Waals surface area contributed by atoms with Gasteiger partial charge >= 0.3 is 0 Å². The molecule has 0 aromatic carbocycles. The molecule has 0 amide bonds. The molecule has 0 spiro atoms. The highest BCUT2D eigenvalue weighted by atomic mass is 79.9. The van der Waals surface area contributed by atoms with Gasteiger partial charge < -0.3 is 5.32 Å². The molecule has 1 unspecified atom stereocenters. The van der Waals surface area contributed by atoms with Gasteiger partial charge in [0.1, 0.15) is 4.47 Å². The minimum Gasteiger partial charge on any atom is -0.379 e. The van der Waals surface area contributed by atoms with Gasteiger partial charge in [-0.15, -0.1) is 0 Å². The maximum absolute atomic E-state index is 11.9. The highest BCUT2D eigenvalue weighted by molar-refractivity contribution is 9.10. The average Bonchev–Trinajstić information content (AvgIpc) is 2.37. The van der Waals surface area contributed by atoms with Crippen LogP contribution in [0, 0.1) is 0 Å². The number of aromatic nitrogens is 2. The first kappa shape index (κ1) is 13.0. The molecular weight excluding hydrogens is 302 g/mol. The fourth-order valence-corrected chi connectivity index (χ4v) is 3.36. The van der Waals surface area contributed by atoms with Gasteiger partial charge in [0.05, 0.1) is 11.9 Å². The highest BCUT2D eigenvalue weighted by Crippen LogP contribution is 2.23. The molecule has 1 aromatic rings. The number of hydrogen-bond acceptors (Lipinski definition) is 4. The van der Waals surface area contributed by atoms with Gasteiger partial charge in [0.15, 0.2) is 0 Å². The Hall–Kier alpha value is -0.490. The molecule has 0 bridgehead atoms. The summed E-state index contributed by atoms with van der Waals surface area (Å²) in [5.41, 5.74) is 0.744. The molecule has 2 rings (SSSR count). The maximum Gasteiger partial charge on any atom is 0.283 e. The lowest BCUT2D eigenvalue weighted by molar-refractivity contribution is 0.610. The average molecular weight is 318 g/mol. The standard InChI is InChI=1S/C11H16BrN3OS/c1-2-15-11(16)10(12)9(6-13-15)14-8-4-3-5-17-7-8/h6,8,14H,2-5,7H2,1H3. The van der Waals surface area contributed by atoms with Crippen LogP contribution < -0.4 is 10.9 Å². The van der Waals surface area contributed by atoms with Crippen molar-refractivity contribution in [3.8, 4) is 0 Å². The first-order chi connectivity index (χ1) is 8.22. The summed E-state index contributed by atoms with van der Waals surface area (Å²) in [6.07, 6.45) is 4.13. The number of hydrogen-bond donors (Lipinski definition) is 1. The van der Waals surface area contributed by atoms with Gasteiger partial charge in [0.2, 0.25) is 0 Å². The molecule has 6 heteroatoms. The summed E-state index contributed by atoms with van der Waals surface area (Å²) in [6.45, 7) is 2.50. The van der Waals surface area contributed by atoms with Gasteiger partial charge in [-0.25, -0.2) is 4.68 Å². The van der Waals surface area contributed by atoms with Crippen LogP contribution in [0.3, 0.4) is 0 Å². The lowest BCUT2D eigenvalue weighted by atomic mass is 10.2. The van der Waals surface area contributed by atoms with Crippen LogP contribution in [0.2, 0.25) is 0 Å². The Kier molecular flexibility index (Phi) is 4.50. The molecule has 1 aliphatic rings. The molecule has 1 aliphatic heterocycles. The van der Waals surface area contributed by atoms with Crippen molar-refractivity contribution in [3.05, 3.63) is 21.0 Å². The minimum atomic E-state index is -0.0686. The molecule has 1 saturated heterocycles. The lowest BCUT2D eigenvalue weighted by Gasteiger charge is -2.23. The number of anilines is 1. The molecule has 0 radical (unpaired) electrons. The quantitative estimate of drug-likeness (QED) is 0.929. The van der Waals surface area contributed by atoms with Crippen molar-refractivity contribution in [1.29, 1.82) is 0 Å². The number of thioether (sulfide) groups is 1. The maximum atomic E-state index is 11.9. The second-order valence-electron chi connectivity index (χ2n) is 4.05. The predicted molar refractivity (Wildman–Crippen MR) is 75.8 cm³/mol. The summed E-state index contributed by atoms with van der Waals surface area (Å²) in [4.78, 5) is 11.9. The molecular formula is C11H16BrN3OS. The Morgan fingerprint density at radius 1 is 1.71 bits per heavy atom. The van der Waals surface area contributed by atoms with Crippen LogP contribution in [0.15, 0.2) is 15.5 Å². The summed E-state index contributed by atoms with van der Waals surface area (Å²) < 4.78 is 2.04. The van der Waals surface area contributed by atoms with Gasteiger partial charge in [0.25, 0.3) is 5.56 Å². The summed E-state index contributed by atoms with van der Waals surface area (Å²) in [5, 5.41) is 7.53. The van der Waals surface area contributed by atoms with E-state index >= 15 is 0 Å². The Morgan fingerprint density at radius 3 is 3.18 bits per heavy atom.